The van der Waals surface area contributed by atoms with E-state index in [0.29, 0.717) is 0 Å². The summed E-state index contributed by atoms with van der Waals surface area (Å²) in [5.74, 6) is -31.2. The number of hydrogen-bond acceptors (Lipinski definition) is 3. The van der Waals surface area contributed by atoms with Crippen molar-refractivity contribution in [3.05, 3.63) is 37.8 Å². The predicted octanol–water partition coefficient (Wildman–Crippen LogP) is 6.90. The van der Waals surface area contributed by atoms with Crippen molar-refractivity contribution in [3.8, 4) is 0 Å². The number of alkyl halides is 14. The number of fused-ring (bicyclic) bond motifs is 2. The summed E-state index contributed by atoms with van der Waals surface area (Å²) >= 11 is 5.19. The lowest BCUT2D eigenvalue weighted by Gasteiger charge is -2.31. The first kappa shape index (κ1) is 32.1. The zero-order chi connectivity index (χ0) is 31.3. The van der Waals surface area contributed by atoms with Gasteiger partial charge in [0.15, 0.2) is 0 Å². The minimum absolute atomic E-state index is 0.361. The summed E-state index contributed by atoms with van der Waals surface area (Å²) in [4.78, 5) is 37.1. The number of imide groups is 1. The molecule has 3 rings (SSSR count). The Morgan fingerprint density at radius 3 is 1.15 bits per heavy atom. The molecule has 0 radical (unpaired) electrons. The molecule has 21 heteroatoms. The van der Waals surface area contributed by atoms with E-state index >= 15 is 0 Å². The van der Waals surface area contributed by atoms with Gasteiger partial charge in [0.1, 0.15) is 0 Å². The molecule has 0 aromatic heterocycles. The van der Waals surface area contributed by atoms with Crippen molar-refractivity contribution in [2.75, 3.05) is 13.1 Å². The maximum Gasteiger partial charge on any atom is 0.459 e. The van der Waals surface area contributed by atoms with Gasteiger partial charge in [-0.15, -0.1) is 0 Å². The lowest BCUT2D eigenvalue weighted by Crippen LogP contribution is -2.57. The molecule has 5 nitrogen and oxygen atoms in total. The molecule has 0 spiro atoms. The maximum absolute atomic E-state index is 14.0. The minimum atomic E-state index is -6.82. The zero-order valence-electron chi connectivity index (χ0n) is 18.3. The van der Waals surface area contributed by atoms with E-state index in [2.05, 4.69) is 38.4 Å². The number of benzene rings is 1. The van der Waals surface area contributed by atoms with Crippen molar-refractivity contribution in [1.29, 1.82) is 0 Å². The second-order valence-corrected chi connectivity index (χ2v) is 9.80. The van der Waals surface area contributed by atoms with Crippen LogP contribution in [0.1, 0.15) is 36.6 Å². The highest BCUT2D eigenvalue weighted by atomic mass is 79.9. The van der Waals surface area contributed by atoms with Crippen LogP contribution in [0.3, 0.4) is 0 Å². The molecule has 0 unspecified atom stereocenters. The molecular formula is C19H6Br2F14N2O3. The van der Waals surface area contributed by atoms with Gasteiger partial charge in [-0.3, -0.25) is 19.3 Å². The van der Waals surface area contributed by atoms with Crippen molar-refractivity contribution in [3.63, 3.8) is 0 Å². The van der Waals surface area contributed by atoms with E-state index in [1.165, 1.54) is 0 Å². The lowest BCUT2D eigenvalue weighted by molar-refractivity contribution is -0.354. The van der Waals surface area contributed by atoms with Crippen molar-refractivity contribution in [1.82, 2.24) is 9.80 Å². The van der Waals surface area contributed by atoms with Crippen LogP contribution in [0.15, 0.2) is 15.5 Å². The van der Waals surface area contributed by atoms with Crippen LogP contribution in [0.4, 0.5) is 61.5 Å². The lowest BCUT2D eigenvalue weighted by atomic mass is 10.00. The van der Waals surface area contributed by atoms with Crippen molar-refractivity contribution >= 4 is 55.3 Å². The largest absolute Gasteiger partial charge is 0.459 e. The quantitative estimate of drug-likeness (QED) is 0.236. The van der Waals surface area contributed by atoms with Gasteiger partial charge in [-0.1, -0.05) is 6.58 Å². The highest BCUT2D eigenvalue weighted by Crippen LogP contribution is 2.52. The fraction of sp³-hybridized carbons (Fsp3) is 0.421. The molecule has 2 aliphatic rings. The predicted molar refractivity (Wildman–Crippen MR) is 109 cm³/mol. The Kier molecular flexibility index (Phi) is 7.23. The van der Waals surface area contributed by atoms with Crippen LogP contribution in [-0.4, -0.2) is 76.7 Å². The fourth-order valence-electron chi connectivity index (χ4n) is 3.64. The summed E-state index contributed by atoms with van der Waals surface area (Å²) in [5.41, 5.74) is -5.04. The molecule has 1 aromatic carbocycles. The molecule has 2 aliphatic heterocycles. The van der Waals surface area contributed by atoms with E-state index in [-0.39, 0.29) is 4.90 Å². The van der Waals surface area contributed by atoms with Gasteiger partial charge in [0.25, 0.3) is 17.7 Å². The van der Waals surface area contributed by atoms with Crippen LogP contribution in [0.2, 0.25) is 0 Å². The van der Waals surface area contributed by atoms with Gasteiger partial charge in [-0.05, 0) is 31.9 Å². The molecule has 0 aliphatic carbocycles. The Hall–Kier alpha value is -2.45. The van der Waals surface area contributed by atoms with Crippen LogP contribution in [0.5, 0.6) is 0 Å². The number of hydrogen-bond donors (Lipinski definition) is 0. The second-order valence-electron chi connectivity index (χ2n) is 8.22. The number of amides is 3. The highest BCUT2D eigenvalue weighted by molar-refractivity contribution is 9.11. The van der Waals surface area contributed by atoms with Gasteiger partial charge in [-0.2, -0.15) is 61.5 Å². The minimum Gasteiger partial charge on any atom is -0.302 e. The number of halogens is 16. The molecule has 0 saturated carbocycles. The SMILES string of the molecule is C=C1c2c(Br)c3c(c(Br)c2C(=O)N1CC(F)(F)C(F)(F)C(F)(F)F)C(=O)N(CC(F)(F)C(F)(F)C(F)(F)F)C3=O. The zero-order valence-corrected chi connectivity index (χ0v) is 21.5. The number of rotatable bonds is 6. The van der Waals surface area contributed by atoms with Crippen LogP contribution >= 0.6 is 31.9 Å². The molecule has 0 bridgehead atoms. The third-order valence-corrected chi connectivity index (χ3v) is 7.30. The normalized spacial score (nSPS) is 17.3. The van der Waals surface area contributed by atoms with Gasteiger partial charge >= 0.3 is 36.0 Å². The third-order valence-electron chi connectivity index (χ3n) is 5.71. The maximum atomic E-state index is 14.0. The van der Waals surface area contributed by atoms with E-state index in [1.54, 1.807) is 0 Å². The van der Waals surface area contributed by atoms with Gasteiger partial charge < -0.3 is 4.90 Å². The molecule has 0 saturated heterocycles. The van der Waals surface area contributed by atoms with Crippen LogP contribution < -0.4 is 0 Å². The molecule has 0 fully saturated rings. The molecule has 0 N–H and O–H groups in total. The molecule has 222 valence electrons. The first-order chi connectivity index (χ1) is 17.7. The van der Waals surface area contributed by atoms with Crippen LogP contribution in [0.25, 0.3) is 5.70 Å². The van der Waals surface area contributed by atoms with Gasteiger partial charge in [-0.25, -0.2) is 0 Å². The summed E-state index contributed by atoms with van der Waals surface area (Å²) in [6, 6.07) is 0. The van der Waals surface area contributed by atoms with Crippen molar-refractivity contribution in [2.24, 2.45) is 0 Å². The summed E-state index contributed by atoms with van der Waals surface area (Å²) in [7, 11) is 0. The van der Waals surface area contributed by atoms with Crippen molar-refractivity contribution in [2.45, 2.75) is 36.0 Å². The molecule has 3 amide bonds. The summed E-state index contributed by atoms with van der Waals surface area (Å²) in [6.07, 6.45) is -13.6. The molecule has 1 aromatic rings. The van der Waals surface area contributed by atoms with Crippen LogP contribution in [-0.2, 0) is 0 Å². The Labute approximate surface area is 228 Å². The van der Waals surface area contributed by atoms with Gasteiger partial charge in [0.05, 0.1) is 29.8 Å². The standard InChI is InChI=1S/C19H6Br2F14N2O3/c1-4-5-6(11(38)36(4)2-14(22,23)16(26,27)18(30,31)32)10(21)8-7(9(5)20)12(39)37(13(8)40)3-15(24,25)17(28,29)19(33,34)35/h1-3H2. The van der Waals surface area contributed by atoms with Gasteiger partial charge in [0.2, 0.25) is 0 Å². The summed E-state index contributed by atoms with van der Waals surface area (Å²) in [5, 5.41) is 0. The van der Waals surface area contributed by atoms with E-state index in [4.69, 9.17) is 0 Å². The summed E-state index contributed by atoms with van der Waals surface area (Å²) in [6.45, 7) is -2.36. The smallest absolute Gasteiger partial charge is 0.302 e. The van der Waals surface area contributed by atoms with E-state index in [0.717, 1.165) is 0 Å². The van der Waals surface area contributed by atoms with Crippen LogP contribution in [0, 0.1) is 0 Å². The topological polar surface area (TPSA) is 57.7 Å². The fourth-order valence-corrected chi connectivity index (χ4v) is 5.17. The first-order valence-corrected chi connectivity index (χ1v) is 11.3. The number of carbonyl (C=O) groups is 3. The third kappa shape index (κ3) is 4.28. The molecule has 0 atom stereocenters. The molecular weight excluding hydrogens is 730 g/mol. The Morgan fingerprint density at radius 2 is 0.800 bits per heavy atom. The average Bonchev–Trinajstić information content (AvgIpc) is 3.16. The van der Waals surface area contributed by atoms with E-state index in [9.17, 15) is 75.8 Å². The average molecular weight is 736 g/mol. The highest BCUT2D eigenvalue weighted by Gasteiger charge is 2.75. The Morgan fingerprint density at radius 1 is 0.525 bits per heavy atom. The van der Waals surface area contributed by atoms with E-state index < -0.39 is 109 Å². The van der Waals surface area contributed by atoms with E-state index in [1.807, 2.05) is 0 Å². The molecule has 2 heterocycles. The Bertz CT molecular complexity index is 1190. The monoisotopic (exact) mass is 734 g/mol. The molecule has 40 heavy (non-hydrogen) atoms. The number of carbonyl (C=O) groups excluding carboxylic acids is 3. The van der Waals surface area contributed by atoms with Crippen molar-refractivity contribution < 1.29 is 75.8 Å². The number of nitrogens with zero attached hydrogens (tertiary/aromatic N) is 2. The van der Waals surface area contributed by atoms with Gasteiger partial charge in [0, 0.05) is 20.2 Å². The second kappa shape index (κ2) is 9.02. The Balaban J connectivity index is 2.07. The first-order valence-electron chi connectivity index (χ1n) is 9.72. The summed E-state index contributed by atoms with van der Waals surface area (Å²) < 4.78 is 183.